The highest BCUT2D eigenvalue weighted by molar-refractivity contribution is 7.92. The molecule has 0 radical (unpaired) electrons. The van der Waals surface area contributed by atoms with Crippen LogP contribution in [0.1, 0.15) is 18.1 Å². The van der Waals surface area contributed by atoms with E-state index in [1.807, 2.05) is 0 Å². The van der Waals surface area contributed by atoms with Crippen molar-refractivity contribution in [3.05, 3.63) is 54.6 Å². The number of nitrogens with one attached hydrogen (secondary N) is 1. The number of benzene rings is 2. The molecule has 0 spiro atoms. The van der Waals surface area contributed by atoms with Gasteiger partial charge in [0.05, 0.1) is 11.8 Å². The summed E-state index contributed by atoms with van der Waals surface area (Å²) in [5.74, 6) is -0.137. The normalized spacial score (nSPS) is 15.9. The van der Waals surface area contributed by atoms with Crippen LogP contribution in [-0.4, -0.2) is 21.0 Å². The van der Waals surface area contributed by atoms with E-state index in [9.17, 15) is 21.6 Å². The van der Waals surface area contributed by atoms with Crippen molar-refractivity contribution in [3.63, 3.8) is 0 Å². The number of alkyl halides is 3. The third-order valence-electron chi connectivity index (χ3n) is 3.83. The maximum absolute atomic E-state index is 12.8. The second-order valence-electron chi connectivity index (χ2n) is 5.98. The Morgan fingerprint density at radius 1 is 1.30 bits per heavy atom. The van der Waals surface area contributed by atoms with E-state index in [0.717, 1.165) is 6.26 Å². The van der Waals surface area contributed by atoms with Gasteiger partial charge in [-0.05, 0) is 29.8 Å². The van der Waals surface area contributed by atoms with Crippen molar-refractivity contribution < 1.29 is 31.1 Å². The first-order valence-corrected chi connectivity index (χ1v) is 9.75. The quantitative estimate of drug-likeness (QED) is 0.745. The highest BCUT2D eigenvalue weighted by atomic mass is 32.2. The molecule has 1 heterocycles. The molecule has 0 aliphatic carbocycles. The molecule has 0 bridgehead atoms. The van der Waals surface area contributed by atoms with E-state index < -0.39 is 22.5 Å². The molecule has 0 amide bonds. The Morgan fingerprint density at radius 3 is 2.67 bits per heavy atom. The van der Waals surface area contributed by atoms with Gasteiger partial charge in [-0.2, -0.15) is 0 Å². The summed E-state index contributed by atoms with van der Waals surface area (Å²) in [4.78, 5) is 0. The first-order valence-electron chi connectivity index (χ1n) is 7.86. The third kappa shape index (κ3) is 4.36. The second kappa shape index (κ2) is 6.80. The molecule has 144 valence electrons. The maximum atomic E-state index is 12.8. The Labute approximate surface area is 154 Å². The predicted molar refractivity (Wildman–Crippen MR) is 95.2 cm³/mol. The van der Waals surface area contributed by atoms with Gasteiger partial charge in [0.15, 0.2) is 0 Å². The number of hydrogen-bond acceptors (Lipinski definition) is 4. The SMILES string of the molecule is C=CCC1Oc2cccc(OC(F)(F)F)c2-c2ccc(NS(C)(=O)=O)cc21. The van der Waals surface area contributed by atoms with E-state index >= 15 is 0 Å². The fourth-order valence-electron chi connectivity index (χ4n) is 2.96. The van der Waals surface area contributed by atoms with Crippen molar-refractivity contribution in [3.8, 4) is 22.6 Å². The number of rotatable bonds is 5. The minimum atomic E-state index is -4.86. The van der Waals surface area contributed by atoms with Crippen molar-refractivity contribution in [2.75, 3.05) is 11.0 Å². The third-order valence-corrected chi connectivity index (χ3v) is 4.44. The smallest absolute Gasteiger partial charge is 0.485 e. The lowest BCUT2D eigenvalue weighted by atomic mass is 9.90. The minimum absolute atomic E-state index is 0.163. The van der Waals surface area contributed by atoms with Crippen molar-refractivity contribution in [1.29, 1.82) is 0 Å². The molecule has 0 saturated carbocycles. The van der Waals surface area contributed by atoms with E-state index in [4.69, 9.17) is 4.74 Å². The molecule has 3 rings (SSSR count). The van der Waals surface area contributed by atoms with Crippen LogP contribution < -0.4 is 14.2 Å². The molecular weight excluding hydrogens is 383 g/mol. The van der Waals surface area contributed by atoms with Crippen LogP contribution in [0.4, 0.5) is 18.9 Å². The molecule has 1 atom stereocenters. The summed E-state index contributed by atoms with van der Waals surface area (Å²) < 4.78 is 73.7. The monoisotopic (exact) mass is 399 g/mol. The number of anilines is 1. The molecule has 0 aromatic heterocycles. The van der Waals surface area contributed by atoms with E-state index in [0.29, 0.717) is 17.5 Å². The Balaban J connectivity index is 2.16. The van der Waals surface area contributed by atoms with E-state index in [-0.39, 0.29) is 22.7 Å². The molecular formula is C18H16F3NO4S. The molecule has 0 fully saturated rings. The van der Waals surface area contributed by atoms with Gasteiger partial charge in [0, 0.05) is 17.7 Å². The summed E-state index contributed by atoms with van der Waals surface area (Å²) in [6.07, 6.45) is -2.36. The zero-order chi connectivity index (χ0) is 19.8. The van der Waals surface area contributed by atoms with Crippen LogP contribution in [0.15, 0.2) is 49.1 Å². The number of sulfonamides is 1. The lowest BCUT2D eigenvalue weighted by Crippen LogP contribution is -2.20. The molecule has 1 aliphatic rings. The van der Waals surface area contributed by atoms with Gasteiger partial charge < -0.3 is 9.47 Å². The second-order valence-corrected chi connectivity index (χ2v) is 7.73. The lowest BCUT2D eigenvalue weighted by molar-refractivity contribution is -0.274. The van der Waals surface area contributed by atoms with E-state index in [1.165, 1.54) is 24.3 Å². The highest BCUT2D eigenvalue weighted by Gasteiger charge is 2.35. The molecule has 1 N–H and O–H groups in total. The first kappa shape index (κ1) is 19.1. The van der Waals surface area contributed by atoms with Crippen LogP contribution in [0.25, 0.3) is 11.1 Å². The molecule has 0 saturated heterocycles. The molecule has 2 aromatic rings. The van der Waals surface area contributed by atoms with Crippen LogP contribution in [0.3, 0.4) is 0 Å². The lowest BCUT2D eigenvalue weighted by Gasteiger charge is -2.30. The zero-order valence-corrected chi connectivity index (χ0v) is 15.0. The van der Waals surface area contributed by atoms with Gasteiger partial charge in [0.1, 0.15) is 17.6 Å². The van der Waals surface area contributed by atoms with Crippen LogP contribution in [0.2, 0.25) is 0 Å². The molecule has 2 aromatic carbocycles. The Hall–Kier alpha value is -2.68. The van der Waals surface area contributed by atoms with Crippen molar-refractivity contribution in [2.24, 2.45) is 0 Å². The Bertz CT molecular complexity index is 987. The summed E-state index contributed by atoms with van der Waals surface area (Å²) in [5.41, 5.74) is 1.46. The first-order chi connectivity index (χ1) is 12.6. The maximum Gasteiger partial charge on any atom is 0.573 e. The average molecular weight is 399 g/mol. The fourth-order valence-corrected chi connectivity index (χ4v) is 3.52. The van der Waals surface area contributed by atoms with Gasteiger partial charge >= 0.3 is 6.36 Å². The molecule has 1 unspecified atom stereocenters. The average Bonchev–Trinajstić information content (AvgIpc) is 2.52. The number of halogens is 3. The van der Waals surface area contributed by atoms with Gasteiger partial charge in [-0.25, -0.2) is 8.42 Å². The predicted octanol–water partition coefficient (Wildman–Crippen LogP) is 4.63. The van der Waals surface area contributed by atoms with Crippen LogP contribution in [-0.2, 0) is 10.0 Å². The van der Waals surface area contributed by atoms with Gasteiger partial charge in [0.2, 0.25) is 10.0 Å². The summed E-state index contributed by atoms with van der Waals surface area (Å²) in [6, 6.07) is 8.73. The molecule has 1 aliphatic heterocycles. The van der Waals surface area contributed by atoms with Gasteiger partial charge in [0.25, 0.3) is 0 Å². The standard InChI is InChI=1S/C18H16F3NO4S/c1-3-5-14-13-10-11(22-27(2,23)24)8-9-12(13)17-15(25-14)6-4-7-16(17)26-18(19,20)21/h3-4,6-10,14,22H,1,5H2,2H3. The van der Waals surface area contributed by atoms with Crippen molar-refractivity contribution in [2.45, 2.75) is 18.9 Å². The number of fused-ring (bicyclic) bond motifs is 3. The summed E-state index contributed by atoms with van der Waals surface area (Å²) >= 11 is 0. The molecule has 27 heavy (non-hydrogen) atoms. The van der Waals surface area contributed by atoms with Gasteiger partial charge in [-0.3, -0.25) is 4.72 Å². The molecule has 9 heteroatoms. The van der Waals surface area contributed by atoms with E-state index in [2.05, 4.69) is 16.0 Å². The van der Waals surface area contributed by atoms with Gasteiger partial charge in [-0.15, -0.1) is 19.8 Å². The Morgan fingerprint density at radius 2 is 2.04 bits per heavy atom. The van der Waals surface area contributed by atoms with Crippen molar-refractivity contribution in [1.82, 2.24) is 0 Å². The number of ether oxygens (including phenoxy) is 2. The van der Waals surface area contributed by atoms with Gasteiger partial charge in [-0.1, -0.05) is 18.2 Å². The summed E-state index contributed by atoms with van der Waals surface area (Å²) in [5, 5.41) is 0. The van der Waals surface area contributed by atoms with Crippen LogP contribution >= 0.6 is 0 Å². The van der Waals surface area contributed by atoms with Crippen molar-refractivity contribution >= 4 is 15.7 Å². The van der Waals surface area contributed by atoms with Crippen LogP contribution in [0, 0.1) is 0 Å². The zero-order valence-electron chi connectivity index (χ0n) is 14.2. The fraction of sp³-hybridized carbons (Fsp3) is 0.222. The number of hydrogen-bond donors (Lipinski definition) is 1. The topological polar surface area (TPSA) is 64.6 Å². The minimum Gasteiger partial charge on any atom is -0.485 e. The highest BCUT2D eigenvalue weighted by Crippen LogP contribution is 2.49. The summed E-state index contributed by atoms with van der Waals surface area (Å²) in [6.45, 7) is 3.67. The van der Waals surface area contributed by atoms with E-state index in [1.54, 1.807) is 18.2 Å². The molecule has 5 nitrogen and oxygen atoms in total. The van der Waals surface area contributed by atoms with Crippen LogP contribution in [0.5, 0.6) is 11.5 Å². The largest absolute Gasteiger partial charge is 0.573 e. The summed E-state index contributed by atoms with van der Waals surface area (Å²) in [7, 11) is -3.51. The Kier molecular flexibility index (Phi) is 4.81.